The van der Waals surface area contributed by atoms with Crippen LogP contribution in [0.25, 0.3) is 0 Å². The monoisotopic (exact) mass is 476 g/mol. The molecule has 1 amide bonds. The summed E-state index contributed by atoms with van der Waals surface area (Å²) in [6, 6.07) is 22.7. The van der Waals surface area contributed by atoms with Crippen LogP contribution in [-0.2, 0) is 16.6 Å². The summed E-state index contributed by atoms with van der Waals surface area (Å²) < 4.78 is 31.3. The van der Waals surface area contributed by atoms with Crippen molar-refractivity contribution in [3.63, 3.8) is 0 Å². The zero-order valence-corrected chi connectivity index (χ0v) is 19.6. The number of aryl methyl sites for hydroxylation is 1. The van der Waals surface area contributed by atoms with Gasteiger partial charge in [0.2, 0.25) is 10.0 Å². The fourth-order valence-corrected chi connectivity index (χ4v) is 4.00. The molecule has 0 heterocycles. The molecule has 3 aromatic carbocycles. The number of nitrogens with zero attached hydrogens (tertiary/aromatic N) is 3. The van der Waals surface area contributed by atoms with E-state index in [0.29, 0.717) is 17.0 Å². The molecule has 0 radical (unpaired) electrons. The maximum atomic E-state index is 12.4. The number of amides is 1. The SMILES string of the molecule is Cc1ccccc1CN(c1ccc(C(=O)N/N=C\c2ccc(OCC#N)cc2)cc1)S(C)(=O)=O. The van der Waals surface area contributed by atoms with E-state index in [0.717, 1.165) is 22.9 Å². The zero-order chi connectivity index (χ0) is 24.6. The number of hydrazone groups is 1. The van der Waals surface area contributed by atoms with Crippen LogP contribution in [-0.4, -0.2) is 33.4 Å². The normalized spacial score (nSPS) is 11.1. The number of carbonyl (C=O) groups is 1. The first-order valence-electron chi connectivity index (χ1n) is 10.3. The maximum absolute atomic E-state index is 12.4. The van der Waals surface area contributed by atoms with Crippen molar-refractivity contribution in [3.05, 3.63) is 95.1 Å². The van der Waals surface area contributed by atoms with Gasteiger partial charge in [0.25, 0.3) is 5.91 Å². The van der Waals surface area contributed by atoms with Crippen molar-refractivity contribution in [2.45, 2.75) is 13.5 Å². The summed E-state index contributed by atoms with van der Waals surface area (Å²) in [4.78, 5) is 12.4. The van der Waals surface area contributed by atoms with Gasteiger partial charge in [-0.25, -0.2) is 13.8 Å². The van der Waals surface area contributed by atoms with E-state index in [2.05, 4.69) is 10.5 Å². The van der Waals surface area contributed by atoms with Crippen molar-refractivity contribution in [2.75, 3.05) is 17.2 Å². The van der Waals surface area contributed by atoms with Crippen LogP contribution in [0.15, 0.2) is 77.9 Å². The number of nitriles is 1. The molecule has 0 saturated carbocycles. The van der Waals surface area contributed by atoms with Gasteiger partial charge in [0, 0.05) is 5.56 Å². The van der Waals surface area contributed by atoms with Crippen LogP contribution in [0.1, 0.15) is 27.0 Å². The molecule has 174 valence electrons. The lowest BCUT2D eigenvalue weighted by Gasteiger charge is -2.23. The number of rotatable bonds is 9. The molecule has 9 heteroatoms. The Hall–Kier alpha value is -4.16. The second-order valence-corrected chi connectivity index (χ2v) is 9.36. The van der Waals surface area contributed by atoms with Crippen LogP contribution in [0.2, 0.25) is 0 Å². The maximum Gasteiger partial charge on any atom is 0.271 e. The minimum Gasteiger partial charge on any atom is -0.479 e. The molecule has 3 rings (SSSR count). The van der Waals surface area contributed by atoms with E-state index in [9.17, 15) is 13.2 Å². The van der Waals surface area contributed by atoms with Gasteiger partial charge >= 0.3 is 0 Å². The average Bonchev–Trinajstić information content (AvgIpc) is 2.82. The highest BCUT2D eigenvalue weighted by molar-refractivity contribution is 7.92. The Morgan fingerprint density at radius 2 is 1.76 bits per heavy atom. The third-order valence-electron chi connectivity index (χ3n) is 4.96. The van der Waals surface area contributed by atoms with Gasteiger partial charge in [-0.15, -0.1) is 0 Å². The molecule has 0 spiro atoms. The van der Waals surface area contributed by atoms with Gasteiger partial charge in [-0.2, -0.15) is 10.4 Å². The molecule has 0 aromatic heterocycles. The number of hydrogen-bond donors (Lipinski definition) is 1. The molecule has 34 heavy (non-hydrogen) atoms. The minimum atomic E-state index is -3.53. The van der Waals surface area contributed by atoms with Gasteiger partial charge in [-0.1, -0.05) is 24.3 Å². The molecule has 0 atom stereocenters. The Kier molecular flexibility index (Phi) is 8.01. The largest absolute Gasteiger partial charge is 0.479 e. The summed E-state index contributed by atoms with van der Waals surface area (Å²) in [5.41, 5.74) is 5.88. The Balaban J connectivity index is 1.66. The van der Waals surface area contributed by atoms with Gasteiger partial charge in [0.15, 0.2) is 6.61 Å². The summed E-state index contributed by atoms with van der Waals surface area (Å²) in [5.74, 6) is 0.134. The van der Waals surface area contributed by atoms with E-state index in [1.165, 1.54) is 10.5 Å². The van der Waals surface area contributed by atoms with Crippen LogP contribution in [0.3, 0.4) is 0 Å². The molecular weight excluding hydrogens is 452 g/mol. The fraction of sp³-hybridized carbons (Fsp3) is 0.160. The summed E-state index contributed by atoms with van der Waals surface area (Å²) in [6.45, 7) is 2.10. The summed E-state index contributed by atoms with van der Waals surface area (Å²) >= 11 is 0. The molecule has 0 aliphatic heterocycles. The molecule has 0 aliphatic carbocycles. The first-order valence-corrected chi connectivity index (χ1v) is 12.2. The lowest BCUT2D eigenvalue weighted by molar-refractivity contribution is 0.0955. The smallest absolute Gasteiger partial charge is 0.271 e. The van der Waals surface area contributed by atoms with Gasteiger partial charge in [0.05, 0.1) is 24.7 Å². The topological polar surface area (TPSA) is 112 Å². The lowest BCUT2D eigenvalue weighted by atomic mass is 10.1. The van der Waals surface area contributed by atoms with E-state index in [4.69, 9.17) is 10.00 Å². The highest BCUT2D eigenvalue weighted by atomic mass is 32.2. The highest BCUT2D eigenvalue weighted by Gasteiger charge is 2.19. The highest BCUT2D eigenvalue weighted by Crippen LogP contribution is 2.22. The van der Waals surface area contributed by atoms with Crippen LogP contribution in [0.5, 0.6) is 5.75 Å². The number of ether oxygens (including phenoxy) is 1. The van der Waals surface area contributed by atoms with Gasteiger partial charge in [0.1, 0.15) is 11.8 Å². The molecule has 3 aromatic rings. The number of benzene rings is 3. The number of nitrogens with one attached hydrogen (secondary N) is 1. The van der Waals surface area contributed by atoms with Crippen molar-refractivity contribution in [2.24, 2.45) is 5.10 Å². The Morgan fingerprint density at radius 3 is 2.38 bits per heavy atom. The molecule has 0 fully saturated rings. The van der Waals surface area contributed by atoms with Crippen molar-refractivity contribution >= 4 is 27.8 Å². The van der Waals surface area contributed by atoms with Crippen molar-refractivity contribution < 1.29 is 17.9 Å². The van der Waals surface area contributed by atoms with Gasteiger partial charge < -0.3 is 4.74 Å². The first kappa shape index (κ1) is 24.5. The van der Waals surface area contributed by atoms with E-state index in [1.54, 1.807) is 48.5 Å². The van der Waals surface area contributed by atoms with E-state index < -0.39 is 15.9 Å². The quantitative estimate of drug-likeness (QED) is 0.374. The number of carbonyl (C=O) groups excluding carboxylic acids is 1. The van der Waals surface area contributed by atoms with Crippen molar-refractivity contribution in [3.8, 4) is 11.8 Å². The molecule has 8 nitrogen and oxygen atoms in total. The van der Waals surface area contributed by atoms with E-state index in [1.807, 2.05) is 37.3 Å². The Bertz CT molecular complexity index is 1310. The number of sulfonamides is 1. The Labute approximate surface area is 199 Å². The average molecular weight is 477 g/mol. The molecule has 0 bridgehead atoms. The standard InChI is InChI=1S/C25H24N4O4S/c1-19-5-3-4-6-22(19)18-29(34(2,31)32)23-11-9-21(10-12-23)25(30)28-27-17-20-7-13-24(14-8-20)33-16-15-26/h3-14,17H,16,18H2,1-2H3,(H,28,30)/b27-17-. The van der Waals surface area contributed by atoms with Gasteiger partial charge in [-0.3, -0.25) is 9.10 Å². The second-order valence-electron chi connectivity index (χ2n) is 7.46. The van der Waals surface area contributed by atoms with E-state index >= 15 is 0 Å². The molecular formula is C25H24N4O4S. The van der Waals surface area contributed by atoms with E-state index in [-0.39, 0.29) is 13.2 Å². The third-order valence-corrected chi connectivity index (χ3v) is 6.10. The predicted octanol–water partition coefficient (Wildman–Crippen LogP) is 3.63. The number of anilines is 1. The first-order chi connectivity index (χ1) is 16.3. The van der Waals surface area contributed by atoms with Crippen LogP contribution in [0.4, 0.5) is 5.69 Å². The van der Waals surface area contributed by atoms with Crippen molar-refractivity contribution in [1.29, 1.82) is 5.26 Å². The molecule has 0 unspecified atom stereocenters. The lowest BCUT2D eigenvalue weighted by Crippen LogP contribution is -2.29. The van der Waals surface area contributed by atoms with Crippen LogP contribution < -0.4 is 14.5 Å². The number of hydrogen-bond acceptors (Lipinski definition) is 6. The zero-order valence-electron chi connectivity index (χ0n) is 18.8. The summed E-state index contributed by atoms with van der Waals surface area (Å²) in [7, 11) is -3.53. The van der Waals surface area contributed by atoms with Crippen LogP contribution >= 0.6 is 0 Å². The summed E-state index contributed by atoms with van der Waals surface area (Å²) in [6.07, 6.45) is 2.64. The van der Waals surface area contributed by atoms with Crippen LogP contribution in [0, 0.1) is 18.3 Å². The molecule has 0 saturated heterocycles. The van der Waals surface area contributed by atoms with Gasteiger partial charge in [-0.05, 0) is 72.1 Å². The Morgan fingerprint density at radius 1 is 1.09 bits per heavy atom. The second kappa shape index (κ2) is 11.1. The summed E-state index contributed by atoms with van der Waals surface area (Å²) in [5, 5.41) is 12.5. The minimum absolute atomic E-state index is 0.0316. The molecule has 1 N–H and O–H groups in total. The fourth-order valence-electron chi connectivity index (χ4n) is 3.12. The molecule has 0 aliphatic rings. The predicted molar refractivity (Wildman–Crippen MR) is 131 cm³/mol. The van der Waals surface area contributed by atoms with Crippen molar-refractivity contribution in [1.82, 2.24) is 5.43 Å². The third kappa shape index (κ3) is 6.67.